The average molecular weight is 805 g/mol. The fourth-order valence-corrected chi connectivity index (χ4v) is 9.25. The van der Waals surface area contributed by atoms with Crippen molar-refractivity contribution in [1.29, 1.82) is 5.26 Å². The Labute approximate surface area is 367 Å². The maximum absolute atomic E-state index is 9.73. The van der Waals surface area contributed by atoms with Crippen LogP contribution < -0.4 is 4.90 Å². The van der Waals surface area contributed by atoms with E-state index in [2.05, 4.69) is 204 Å². The zero-order valence-electron chi connectivity index (χ0n) is 36.5. The van der Waals surface area contributed by atoms with Gasteiger partial charge in [0.05, 0.1) is 24.2 Å². The number of hydrogen-bond donors (Lipinski definition) is 0. The molecule has 4 heteroatoms. The molecule has 6 aromatic carbocycles. The Morgan fingerprint density at radius 3 is 2.31 bits per heavy atom. The molecule has 62 heavy (non-hydrogen) atoms. The van der Waals surface area contributed by atoms with Crippen molar-refractivity contribution in [2.75, 3.05) is 11.4 Å². The highest BCUT2D eigenvalue weighted by Crippen LogP contribution is 2.51. The van der Waals surface area contributed by atoms with Crippen molar-refractivity contribution in [2.24, 2.45) is 15.4 Å². The summed E-state index contributed by atoms with van der Waals surface area (Å²) < 4.78 is 0. The third kappa shape index (κ3) is 8.07. The molecule has 0 bridgehead atoms. The standard InChI is InChI=1S/C58H52N4/c1-38-14-22-45(23-15-38)50-33-44(19-18-42(50)5)36-60-57(49-13-8-7-12-48(49)47-11-9-10-39(2)30-47)61-37-58(6)29-28-56(53(34-58)46-24-20-43(35-59)21-25-46)62-54-26-16-40(3)31-51(54)52-32-41(4)17-27-55(52)62/h7-28,30-34,36,51,54H,29,37H2,1-6H3. The number of nitrogens with zero attached hydrogens (tertiary/aromatic N) is 4. The summed E-state index contributed by atoms with van der Waals surface area (Å²) in [6, 6.07) is 49.9. The summed E-state index contributed by atoms with van der Waals surface area (Å²) in [5, 5.41) is 9.73. The molecule has 0 spiro atoms. The van der Waals surface area contributed by atoms with Gasteiger partial charge in [-0.2, -0.15) is 5.26 Å². The third-order valence-electron chi connectivity index (χ3n) is 12.6. The van der Waals surface area contributed by atoms with E-state index in [-0.39, 0.29) is 17.4 Å². The van der Waals surface area contributed by atoms with Crippen molar-refractivity contribution < 1.29 is 0 Å². The van der Waals surface area contributed by atoms with Crippen LogP contribution in [0.2, 0.25) is 0 Å². The SMILES string of the molecule is CC1=CC2c3cc(C)ccc3N(C3=CCC(C)(CN=C(N=Cc4ccc(C)c(-c5ccc(C)cc5)c4)c4ccccc4-c4cccc(C)c4)C=C3c3ccc(C#N)cc3)C2C=C1. The van der Waals surface area contributed by atoms with E-state index in [1.807, 2.05) is 18.3 Å². The van der Waals surface area contributed by atoms with Crippen LogP contribution in [-0.4, -0.2) is 24.6 Å². The zero-order valence-corrected chi connectivity index (χ0v) is 36.5. The molecule has 0 aromatic heterocycles. The van der Waals surface area contributed by atoms with Gasteiger partial charge in [0.25, 0.3) is 0 Å². The van der Waals surface area contributed by atoms with Crippen molar-refractivity contribution in [3.63, 3.8) is 0 Å². The number of anilines is 1. The van der Waals surface area contributed by atoms with Crippen LogP contribution in [0.3, 0.4) is 0 Å². The molecule has 6 aromatic rings. The van der Waals surface area contributed by atoms with Gasteiger partial charge < -0.3 is 4.90 Å². The van der Waals surface area contributed by atoms with E-state index in [4.69, 9.17) is 9.98 Å². The molecule has 3 atom stereocenters. The van der Waals surface area contributed by atoms with Gasteiger partial charge in [-0.05, 0) is 110 Å². The van der Waals surface area contributed by atoms with Gasteiger partial charge in [0, 0.05) is 40.1 Å². The molecule has 3 aliphatic rings. The Morgan fingerprint density at radius 2 is 1.52 bits per heavy atom. The van der Waals surface area contributed by atoms with Crippen LogP contribution in [0.5, 0.6) is 0 Å². The van der Waals surface area contributed by atoms with Gasteiger partial charge in [0.2, 0.25) is 0 Å². The largest absolute Gasteiger partial charge is 0.333 e. The highest BCUT2D eigenvalue weighted by Gasteiger charge is 2.41. The van der Waals surface area contributed by atoms with Gasteiger partial charge in [-0.25, -0.2) is 4.99 Å². The second-order valence-corrected chi connectivity index (χ2v) is 17.7. The molecule has 0 saturated carbocycles. The highest BCUT2D eigenvalue weighted by atomic mass is 15.2. The van der Waals surface area contributed by atoms with Crippen LogP contribution in [0, 0.1) is 44.4 Å². The Kier molecular flexibility index (Phi) is 10.9. The molecule has 4 nitrogen and oxygen atoms in total. The van der Waals surface area contributed by atoms with E-state index in [1.165, 1.54) is 55.9 Å². The minimum atomic E-state index is -0.331. The number of nitriles is 1. The van der Waals surface area contributed by atoms with Gasteiger partial charge in [-0.15, -0.1) is 0 Å². The van der Waals surface area contributed by atoms with E-state index >= 15 is 0 Å². The Hall–Kier alpha value is -7.09. The quantitative estimate of drug-likeness (QED) is 0.114. The highest BCUT2D eigenvalue weighted by molar-refractivity contribution is 6.09. The second kappa shape index (κ2) is 16.8. The van der Waals surface area contributed by atoms with E-state index in [0.29, 0.717) is 17.9 Å². The van der Waals surface area contributed by atoms with Gasteiger partial charge in [-0.3, -0.25) is 4.99 Å². The molecule has 0 amide bonds. The first-order valence-electron chi connectivity index (χ1n) is 21.7. The summed E-state index contributed by atoms with van der Waals surface area (Å²) in [6.07, 6.45) is 14.7. The summed E-state index contributed by atoms with van der Waals surface area (Å²) in [7, 11) is 0. The third-order valence-corrected chi connectivity index (χ3v) is 12.6. The van der Waals surface area contributed by atoms with Gasteiger partial charge in [-0.1, -0.05) is 169 Å². The first-order chi connectivity index (χ1) is 30.1. The summed E-state index contributed by atoms with van der Waals surface area (Å²) >= 11 is 0. The molecule has 0 saturated heterocycles. The molecule has 2 aliphatic carbocycles. The average Bonchev–Trinajstić information content (AvgIpc) is 3.59. The fourth-order valence-electron chi connectivity index (χ4n) is 9.25. The van der Waals surface area contributed by atoms with Gasteiger partial charge >= 0.3 is 0 Å². The molecule has 304 valence electrons. The van der Waals surface area contributed by atoms with Crippen molar-refractivity contribution in [1.82, 2.24) is 0 Å². The van der Waals surface area contributed by atoms with E-state index in [0.717, 1.165) is 39.8 Å². The summed E-state index contributed by atoms with van der Waals surface area (Å²) in [4.78, 5) is 13.3. The lowest BCUT2D eigenvalue weighted by Gasteiger charge is -2.37. The predicted octanol–water partition coefficient (Wildman–Crippen LogP) is 13.9. The number of rotatable bonds is 8. The van der Waals surface area contributed by atoms with Crippen molar-refractivity contribution in [3.8, 4) is 28.3 Å². The first kappa shape index (κ1) is 40.3. The number of allylic oxidation sites excluding steroid dienone is 4. The zero-order chi connectivity index (χ0) is 43.0. The molecule has 0 fully saturated rings. The second-order valence-electron chi connectivity index (χ2n) is 17.7. The maximum Gasteiger partial charge on any atom is 0.155 e. The summed E-state index contributed by atoms with van der Waals surface area (Å²) in [6.45, 7) is 13.6. The molecule has 1 heterocycles. The van der Waals surface area contributed by atoms with Crippen LogP contribution in [0.4, 0.5) is 5.69 Å². The molecule has 1 aliphatic heterocycles. The van der Waals surface area contributed by atoms with Crippen LogP contribution in [0.25, 0.3) is 27.8 Å². The fraction of sp³-hybridized carbons (Fsp3) is 0.190. The number of aryl methyl sites for hydroxylation is 4. The number of fused-ring (bicyclic) bond motifs is 3. The Bertz CT molecular complexity index is 2930. The summed E-state index contributed by atoms with van der Waals surface area (Å²) in [5.74, 6) is 0.969. The number of hydrogen-bond acceptors (Lipinski definition) is 3. The van der Waals surface area contributed by atoms with E-state index in [9.17, 15) is 5.26 Å². The molecule has 9 rings (SSSR count). The minimum absolute atomic E-state index is 0.165. The molecule has 3 unspecified atom stereocenters. The summed E-state index contributed by atoms with van der Waals surface area (Å²) in [5.41, 5.74) is 19.2. The Balaban J connectivity index is 1.13. The van der Waals surface area contributed by atoms with Crippen molar-refractivity contribution >= 4 is 23.3 Å². The van der Waals surface area contributed by atoms with Gasteiger partial charge in [0.1, 0.15) is 0 Å². The number of aliphatic imine (C=N–C) groups is 2. The van der Waals surface area contributed by atoms with Crippen LogP contribution in [0.15, 0.2) is 185 Å². The smallest absolute Gasteiger partial charge is 0.155 e. The molecular weight excluding hydrogens is 753 g/mol. The maximum atomic E-state index is 9.73. The number of benzene rings is 6. The topological polar surface area (TPSA) is 51.8 Å². The van der Waals surface area contributed by atoms with Crippen LogP contribution in [-0.2, 0) is 0 Å². The molecule has 0 N–H and O–H groups in total. The lowest BCUT2D eigenvalue weighted by molar-refractivity contribution is 0.444. The lowest BCUT2D eigenvalue weighted by atomic mass is 9.78. The van der Waals surface area contributed by atoms with Crippen molar-refractivity contribution in [2.45, 2.75) is 59.9 Å². The van der Waals surface area contributed by atoms with E-state index in [1.54, 1.807) is 0 Å². The van der Waals surface area contributed by atoms with Crippen LogP contribution >= 0.6 is 0 Å². The molecule has 0 radical (unpaired) electrons. The van der Waals surface area contributed by atoms with Crippen LogP contribution in [0.1, 0.15) is 76.3 Å². The monoisotopic (exact) mass is 804 g/mol. The normalized spacial score (nSPS) is 19.4. The predicted molar refractivity (Wildman–Crippen MR) is 260 cm³/mol. The first-order valence-corrected chi connectivity index (χ1v) is 21.7. The van der Waals surface area contributed by atoms with Gasteiger partial charge in [0.15, 0.2) is 5.84 Å². The van der Waals surface area contributed by atoms with E-state index < -0.39 is 0 Å². The lowest BCUT2D eigenvalue weighted by Crippen LogP contribution is -2.35. The Morgan fingerprint density at radius 1 is 0.758 bits per heavy atom. The minimum Gasteiger partial charge on any atom is -0.333 e. The molecular formula is C58H52N4. The van der Waals surface area contributed by atoms with Crippen molar-refractivity contribution in [3.05, 3.63) is 225 Å². The number of amidine groups is 1.